The van der Waals surface area contributed by atoms with Crippen molar-refractivity contribution in [2.75, 3.05) is 18.1 Å². The van der Waals surface area contributed by atoms with Crippen LogP contribution in [0.25, 0.3) is 0 Å². The molecule has 0 amide bonds. The third-order valence-corrected chi connectivity index (χ3v) is 3.56. The molecule has 0 radical (unpaired) electrons. The van der Waals surface area contributed by atoms with Crippen LogP contribution in [0.3, 0.4) is 0 Å². The lowest BCUT2D eigenvalue weighted by Gasteiger charge is -2.26. The van der Waals surface area contributed by atoms with E-state index in [4.69, 9.17) is 0 Å². The van der Waals surface area contributed by atoms with Gasteiger partial charge >= 0.3 is 5.69 Å². The zero-order chi connectivity index (χ0) is 14.2. The van der Waals surface area contributed by atoms with Gasteiger partial charge in [0.2, 0.25) is 5.82 Å². The van der Waals surface area contributed by atoms with Gasteiger partial charge in [0.1, 0.15) is 5.69 Å². The van der Waals surface area contributed by atoms with Gasteiger partial charge < -0.3 is 10.0 Å². The molecule has 1 N–H and O–H groups in total. The van der Waals surface area contributed by atoms with Crippen LogP contribution in [0, 0.1) is 17.0 Å². The smallest absolute Gasteiger partial charge is 0.333 e. The van der Waals surface area contributed by atoms with E-state index < -0.39 is 0 Å². The SMILES string of the molecule is Cc1nn(C(C)C)c(N2CCCC2CO)c1[N+](=O)[O-]. The third-order valence-electron chi connectivity index (χ3n) is 3.56. The van der Waals surface area contributed by atoms with Gasteiger partial charge in [-0.1, -0.05) is 0 Å². The van der Waals surface area contributed by atoms with Crippen LogP contribution in [0.2, 0.25) is 0 Å². The molecular formula is C12H20N4O3. The predicted molar refractivity (Wildman–Crippen MR) is 71.5 cm³/mol. The maximum Gasteiger partial charge on any atom is 0.333 e. The molecule has 0 aliphatic carbocycles. The number of hydrogen-bond acceptors (Lipinski definition) is 5. The van der Waals surface area contributed by atoms with Gasteiger partial charge in [-0.3, -0.25) is 10.1 Å². The normalized spacial score (nSPS) is 19.4. The number of aliphatic hydroxyl groups is 1. The summed E-state index contributed by atoms with van der Waals surface area (Å²) in [5, 5.41) is 25.0. The number of anilines is 1. The third kappa shape index (κ3) is 2.30. The number of nitrogens with zero attached hydrogens (tertiary/aromatic N) is 4. The Morgan fingerprint density at radius 1 is 1.58 bits per heavy atom. The summed E-state index contributed by atoms with van der Waals surface area (Å²) < 4.78 is 1.70. The van der Waals surface area contributed by atoms with Gasteiger partial charge in [-0.15, -0.1) is 0 Å². The molecule has 0 saturated carbocycles. The topological polar surface area (TPSA) is 84.4 Å². The number of aliphatic hydroxyl groups excluding tert-OH is 1. The van der Waals surface area contributed by atoms with E-state index >= 15 is 0 Å². The van der Waals surface area contributed by atoms with Crippen LogP contribution in [-0.4, -0.2) is 39.0 Å². The lowest BCUT2D eigenvalue weighted by atomic mass is 10.2. The standard InChI is InChI=1S/C12H20N4O3/c1-8(2)15-12(11(16(18)19)9(3)13-15)14-6-4-5-10(14)7-17/h8,10,17H,4-7H2,1-3H3. The van der Waals surface area contributed by atoms with Gasteiger partial charge in [-0.05, 0) is 33.6 Å². The molecular weight excluding hydrogens is 248 g/mol. The number of aryl methyl sites for hydroxylation is 1. The molecule has 1 aliphatic rings. The lowest BCUT2D eigenvalue weighted by molar-refractivity contribution is -0.384. The van der Waals surface area contributed by atoms with Crippen LogP contribution < -0.4 is 4.90 Å². The first-order valence-electron chi connectivity index (χ1n) is 6.58. The highest BCUT2D eigenvalue weighted by molar-refractivity contribution is 5.62. The second-order valence-corrected chi connectivity index (χ2v) is 5.23. The lowest BCUT2D eigenvalue weighted by Crippen LogP contribution is -2.34. The molecule has 2 rings (SSSR count). The highest BCUT2D eigenvalue weighted by atomic mass is 16.6. The van der Waals surface area contributed by atoms with Gasteiger partial charge in [-0.25, -0.2) is 4.68 Å². The second kappa shape index (κ2) is 5.16. The van der Waals surface area contributed by atoms with Crippen LogP contribution >= 0.6 is 0 Å². The van der Waals surface area contributed by atoms with Crippen molar-refractivity contribution in [2.45, 2.75) is 45.7 Å². The molecule has 1 unspecified atom stereocenters. The predicted octanol–water partition coefficient (Wildman–Crippen LogP) is 1.64. The first-order valence-corrected chi connectivity index (χ1v) is 6.58. The van der Waals surface area contributed by atoms with Crippen molar-refractivity contribution in [2.24, 2.45) is 0 Å². The van der Waals surface area contributed by atoms with Gasteiger partial charge in [0.05, 0.1) is 17.6 Å². The summed E-state index contributed by atoms with van der Waals surface area (Å²) in [6.45, 7) is 6.29. The van der Waals surface area contributed by atoms with E-state index in [-0.39, 0.29) is 29.3 Å². The van der Waals surface area contributed by atoms with Crippen LogP contribution in [0.5, 0.6) is 0 Å². The Balaban J connectivity index is 2.55. The van der Waals surface area contributed by atoms with Gasteiger partial charge in [0.15, 0.2) is 0 Å². The highest BCUT2D eigenvalue weighted by Crippen LogP contribution is 2.37. The van der Waals surface area contributed by atoms with Crippen molar-refractivity contribution in [1.29, 1.82) is 0 Å². The molecule has 7 heteroatoms. The van der Waals surface area contributed by atoms with E-state index in [0.29, 0.717) is 11.5 Å². The van der Waals surface area contributed by atoms with Crippen LogP contribution in [-0.2, 0) is 0 Å². The van der Waals surface area contributed by atoms with E-state index in [0.717, 1.165) is 19.4 Å². The summed E-state index contributed by atoms with van der Waals surface area (Å²) in [6, 6.07) is -0.00496. The maximum absolute atomic E-state index is 11.3. The Kier molecular flexibility index (Phi) is 3.75. The molecule has 1 fully saturated rings. The Hall–Kier alpha value is -1.63. The molecule has 1 aromatic rings. The fourth-order valence-corrected chi connectivity index (χ4v) is 2.67. The van der Waals surface area contributed by atoms with Crippen molar-refractivity contribution in [1.82, 2.24) is 9.78 Å². The van der Waals surface area contributed by atoms with E-state index in [1.165, 1.54) is 0 Å². The summed E-state index contributed by atoms with van der Waals surface area (Å²) >= 11 is 0. The Bertz CT molecular complexity index is 484. The minimum atomic E-state index is -0.372. The largest absolute Gasteiger partial charge is 0.394 e. The number of nitro groups is 1. The Labute approximate surface area is 112 Å². The van der Waals surface area contributed by atoms with E-state index in [2.05, 4.69) is 5.10 Å². The first kappa shape index (κ1) is 13.8. The number of rotatable bonds is 4. The van der Waals surface area contributed by atoms with Crippen LogP contribution in [0.1, 0.15) is 38.4 Å². The molecule has 1 saturated heterocycles. The number of aromatic nitrogens is 2. The van der Waals surface area contributed by atoms with Gasteiger partial charge in [0, 0.05) is 12.6 Å². The minimum absolute atomic E-state index is 0.0134. The van der Waals surface area contributed by atoms with Gasteiger partial charge in [0.25, 0.3) is 0 Å². The summed E-state index contributed by atoms with van der Waals surface area (Å²) in [6.07, 6.45) is 1.79. The van der Waals surface area contributed by atoms with E-state index in [1.807, 2.05) is 18.7 Å². The average Bonchev–Trinajstić information content (AvgIpc) is 2.91. The molecule has 0 aromatic carbocycles. The van der Waals surface area contributed by atoms with E-state index in [1.54, 1.807) is 11.6 Å². The summed E-state index contributed by atoms with van der Waals surface area (Å²) in [5.74, 6) is 0.536. The van der Waals surface area contributed by atoms with Crippen molar-refractivity contribution >= 4 is 11.5 Å². The monoisotopic (exact) mass is 268 g/mol. The molecule has 1 aliphatic heterocycles. The number of hydrogen-bond donors (Lipinski definition) is 1. The summed E-state index contributed by atoms with van der Waals surface area (Å²) in [5.41, 5.74) is 0.492. The fourth-order valence-electron chi connectivity index (χ4n) is 2.67. The second-order valence-electron chi connectivity index (χ2n) is 5.23. The maximum atomic E-state index is 11.3. The molecule has 0 bridgehead atoms. The molecule has 106 valence electrons. The molecule has 1 aromatic heterocycles. The Morgan fingerprint density at radius 2 is 2.26 bits per heavy atom. The van der Waals surface area contributed by atoms with Crippen LogP contribution in [0.15, 0.2) is 0 Å². The highest BCUT2D eigenvalue weighted by Gasteiger charge is 2.35. The summed E-state index contributed by atoms with van der Waals surface area (Å²) in [4.78, 5) is 12.9. The fraction of sp³-hybridized carbons (Fsp3) is 0.750. The molecule has 1 atom stereocenters. The minimum Gasteiger partial charge on any atom is -0.394 e. The van der Waals surface area contributed by atoms with Gasteiger partial charge in [-0.2, -0.15) is 5.10 Å². The molecule has 7 nitrogen and oxygen atoms in total. The zero-order valence-electron chi connectivity index (χ0n) is 11.5. The average molecular weight is 268 g/mol. The molecule has 19 heavy (non-hydrogen) atoms. The van der Waals surface area contributed by atoms with Crippen molar-refractivity contribution in [3.8, 4) is 0 Å². The molecule has 2 heterocycles. The van der Waals surface area contributed by atoms with Crippen molar-refractivity contribution in [3.63, 3.8) is 0 Å². The van der Waals surface area contributed by atoms with E-state index in [9.17, 15) is 15.2 Å². The summed E-state index contributed by atoms with van der Waals surface area (Å²) in [7, 11) is 0. The first-order chi connectivity index (χ1) is 8.97. The van der Waals surface area contributed by atoms with Crippen molar-refractivity contribution < 1.29 is 10.0 Å². The quantitative estimate of drug-likeness (QED) is 0.663. The van der Waals surface area contributed by atoms with Crippen LogP contribution in [0.4, 0.5) is 11.5 Å². The molecule has 0 spiro atoms. The zero-order valence-corrected chi connectivity index (χ0v) is 11.5. The Morgan fingerprint density at radius 3 is 2.79 bits per heavy atom. The van der Waals surface area contributed by atoms with Crippen molar-refractivity contribution in [3.05, 3.63) is 15.8 Å².